The van der Waals surface area contributed by atoms with Gasteiger partial charge in [0.2, 0.25) is 5.91 Å². The molecule has 31 heavy (non-hydrogen) atoms. The molecule has 0 N–H and O–H groups in total. The van der Waals surface area contributed by atoms with E-state index in [1.54, 1.807) is 0 Å². The SMILES string of the molecule is CC(C)(c1cc(Cl)ccc1Cl)N1CCC[C@H]1C(=O)N1CCN(C2CC2)c2ccccc21. The minimum absolute atomic E-state index is 0.162. The van der Waals surface area contributed by atoms with Gasteiger partial charge in [0.15, 0.2) is 0 Å². The van der Waals surface area contributed by atoms with Crippen molar-refractivity contribution in [2.24, 2.45) is 0 Å². The summed E-state index contributed by atoms with van der Waals surface area (Å²) in [5.74, 6) is 0.201. The number of carbonyl (C=O) groups is 1. The maximum absolute atomic E-state index is 13.9. The second-order valence-electron chi connectivity index (χ2n) is 9.44. The summed E-state index contributed by atoms with van der Waals surface area (Å²) in [4.78, 5) is 20.7. The maximum Gasteiger partial charge on any atom is 0.244 e. The van der Waals surface area contributed by atoms with Crippen molar-refractivity contribution in [1.29, 1.82) is 0 Å². The van der Waals surface area contributed by atoms with Crippen molar-refractivity contribution in [1.82, 2.24) is 4.90 Å². The highest BCUT2D eigenvalue weighted by molar-refractivity contribution is 6.33. The molecule has 0 bridgehead atoms. The standard InChI is InChI=1S/C25H29Cl2N3O/c1-25(2,19-16-17(26)9-12-20(19)27)30-13-5-8-23(30)24(31)29-15-14-28(18-10-11-18)21-6-3-4-7-22(21)29/h3-4,6-7,9,12,16,18,23H,5,8,10-11,13-15H2,1-2H3/t23-/m0/s1. The van der Waals surface area contributed by atoms with Crippen LogP contribution in [0.1, 0.15) is 45.1 Å². The van der Waals surface area contributed by atoms with Gasteiger partial charge >= 0.3 is 0 Å². The Morgan fingerprint density at radius 3 is 2.45 bits per heavy atom. The Hall–Kier alpha value is -1.75. The molecule has 6 heteroatoms. The highest BCUT2D eigenvalue weighted by Gasteiger charge is 2.44. The van der Waals surface area contributed by atoms with Gasteiger partial charge in [-0.05, 0) is 82.0 Å². The molecule has 0 spiro atoms. The van der Waals surface area contributed by atoms with Crippen LogP contribution in [-0.4, -0.2) is 42.5 Å². The van der Waals surface area contributed by atoms with E-state index in [0.717, 1.165) is 43.7 Å². The Labute approximate surface area is 194 Å². The predicted molar refractivity (Wildman–Crippen MR) is 128 cm³/mol. The number of hydrogen-bond donors (Lipinski definition) is 0. The molecular formula is C25H29Cl2N3O. The van der Waals surface area contributed by atoms with Gasteiger partial charge in [-0.1, -0.05) is 35.3 Å². The number of hydrogen-bond acceptors (Lipinski definition) is 3. The molecule has 2 heterocycles. The van der Waals surface area contributed by atoms with Crippen LogP contribution in [0.4, 0.5) is 11.4 Å². The van der Waals surface area contributed by atoms with Gasteiger partial charge in [0.05, 0.1) is 17.4 Å². The molecule has 2 aromatic carbocycles. The molecule has 3 aliphatic rings. The number of anilines is 2. The van der Waals surface area contributed by atoms with E-state index in [2.05, 4.69) is 41.8 Å². The van der Waals surface area contributed by atoms with Crippen molar-refractivity contribution in [3.63, 3.8) is 0 Å². The summed E-state index contributed by atoms with van der Waals surface area (Å²) in [7, 11) is 0. The fraction of sp³-hybridized carbons (Fsp3) is 0.480. The first-order chi connectivity index (χ1) is 14.9. The van der Waals surface area contributed by atoms with E-state index >= 15 is 0 Å². The molecule has 5 rings (SSSR count). The molecular weight excluding hydrogens is 429 g/mol. The number of likely N-dealkylation sites (tertiary alicyclic amines) is 1. The summed E-state index contributed by atoms with van der Waals surface area (Å²) in [6.07, 6.45) is 4.38. The predicted octanol–water partition coefficient (Wildman–Crippen LogP) is 5.71. The number of rotatable bonds is 4. The maximum atomic E-state index is 13.9. The molecule has 1 aliphatic carbocycles. The fourth-order valence-corrected chi connectivity index (χ4v) is 5.89. The van der Waals surface area contributed by atoms with Crippen LogP contribution in [0.15, 0.2) is 42.5 Å². The second kappa shape index (κ2) is 7.99. The van der Waals surface area contributed by atoms with E-state index in [-0.39, 0.29) is 11.9 Å². The quantitative estimate of drug-likeness (QED) is 0.588. The van der Waals surface area contributed by atoms with Crippen molar-refractivity contribution in [2.75, 3.05) is 29.4 Å². The van der Waals surface area contributed by atoms with Crippen molar-refractivity contribution >= 4 is 40.5 Å². The topological polar surface area (TPSA) is 26.8 Å². The molecule has 4 nitrogen and oxygen atoms in total. The first-order valence-corrected chi connectivity index (χ1v) is 12.0. The highest BCUT2D eigenvalue weighted by atomic mass is 35.5. The van der Waals surface area contributed by atoms with Gasteiger partial charge in [0.1, 0.15) is 0 Å². The summed E-state index contributed by atoms with van der Waals surface area (Å²) in [5, 5.41) is 1.36. The lowest BCUT2D eigenvalue weighted by Crippen LogP contribution is -2.55. The van der Waals surface area contributed by atoms with Gasteiger partial charge in [-0.25, -0.2) is 0 Å². The molecule has 0 unspecified atom stereocenters. The smallest absolute Gasteiger partial charge is 0.244 e. The molecule has 1 saturated carbocycles. The number of benzene rings is 2. The summed E-state index contributed by atoms with van der Waals surface area (Å²) in [5.41, 5.74) is 2.83. The average Bonchev–Trinajstić information content (AvgIpc) is 3.48. The zero-order chi connectivity index (χ0) is 21.8. The lowest BCUT2D eigenvalue weighted by Gasteiger charge is -2.43. The van der Waals surface area contributed by atoms with Gasteiger partial charge in [-0.2, -0.15) is 0 Å². The van der Waals surface area contributed by atoms with Crippen LogP contribution in [-0.2, 0) is 10.3 Å². The third kappa shape index (κ3) is 3.73. The van der Waals surface area contributed by atoms with Crippen LogP contribution in [0.5, 0.6) is 0 Å². The van der Waals surface area contributed by atoms with Crippen LogP contribution in [0.2, 0.25) is 10.0 Å². The van der Waals surface area contributed by atoms with E-state index in [9.17, 15) is 4.79 Å². The molecule has 2 aliphatic heterocycles. The molecule has 2 fully saturated rings. The van der Waals surface area contributed by atoms with E-state index in [1.807, 2.05) is 29.2 Å². The van der Waals surface area contributed by atoms with Gasteiger partial charge in [0.25, 0.3) is 0 Å². The van der Waals surface area contributed by atoms with E-state index < -0.39 is 5.54 Å². The lowest BCUT2D eigenvalue weighted by molar-refractivity contribution is -0.124. The Kier molecular flexibility index (Phi) is 5.44. The molecule has 1 amide bonds. The number of amides is 1. The molecule has 164 valence electrons. The lowest BCUT2D eigenvalue weighted by atomic mass is 9.91. The number of halogens is 2. The van der Waals surface area contributed by atoms with Crippen LogP contribution in [0, 0.1) is 0 Å². The molecule has 0 aromatic heterocycles. The average molecular weight is 458 g/mol. The number of fused-ring (bicyclic) bond motifs is 1. The summed E-state index contributed by atoms with van der Waals surface area (Å²) in [6, 6.07) is 14.5. The van der Waals surface area contributed by atoms with Gasteiger partial charge in [-0.3, -0.25) is 9.69 Å². The fourth-order valence-electron chi connectivity index (χ4n) is 5.37. The Bertz CT molecular complexity index is 1000. The monoisotopic (exact) mass is 457 g/mol. The minimum Gasteiger partial charge on any atom is -0.365 e. The van der Waals surface area contributed by atoms with Crippen molar-refractivity contribution in [2.45, 2.75) is 57.2 Å². The van der Waals surface area contributed by atoms with Crippen LogP contribution >= 0.6 is 23.2 Å². The Morgan fingerprint density at radius 1 is 0.968 bits per heavy atom. The van der Waals surface area contributed by atoms with Gasteiger partial charge in [-0.15, -0.1) is 0 Å². The van der Waals surface area contributed by atoms with Crippen LogP contribution < -0.4 is 9.80 Å². The number of carbonyl (C=O) groups excluding carboxylic acids is 1. The summed E-state index contributed by atoms with van der Waals surface area (Å²) >= 11 is 12.9. The highest BCUT2D eigenvalue weighted by Crippen LogP contribution is 2.43. The van der Waals surface area contributed by atoms with Gasteiger partial charge in [0, 0.05) is 34.7 Å². The minimum atomic E-state index is -0.395. The number of para-hydroxylation sites is 2. The Morgan fingerprint density at radius 2 is 1.71 bits per heavy atom. The zero-order valence-corrected chi connectivity index (χ0v) is 19.7. The third-order valence-corrected chi connectivity index (χ3v) is 7.71. The van der Waals surface area contributed by atoms with Crippen LogP contribution in [0.25, 0.3) is 0 Å². The molecule has 2 aromatic rings. The largest absolute Gasteiger partial charge is 0.365 e. The van der Waals surface area contributed by atoms with Crippen molar-refractivity contribution in [3.8, 4) is 0 Å². The van der Waals surface area contributed by atoms with Crippen LogP contribution in [0.3, 0.4) is 0 Å². The summed E-state index contributed by atoms with van der Waals surface area (Å²) in [6.45, 7) is 6.82. The Balaban J connectivity index is 1.45. The molecule has 1 saturated heterocycles. The first kappa shape index (κ1) is 21.1. The number of nitrogens with zero attached hydrogens (tertiary/aromatic N) is 3. The first-order valence-electron chi connectivity index (χ1n) is 11.3. The van der Waals surface area contributed by atoms with E-state index in [0.29, 0.717) is 16.1 Å². The van der Waals surface area contributed by atoms with Crippen molar-refractivity contribution in [3.05, 3.63) is 58.1 Å². The van der Waals surface area contributed by atoms with Crippen molar-refractivity contribution < 1.29 is 4.79 Å². The normalized spacial score (nSPS) is 22.0. The van der Waals surface area contributed by atoms with E-state index in [1.165, 1.54) is 18.5 Å². The van der Waals surface area contributed by atoms with Gasteiger partial charge < -0.3 is 9.80 Å². The van der Waals surface area contributed by atoms with E-state index in [4.69, 9.17) is 23.2 Å². The molecule has 1 atom stereocenters. The zero-order valence-electron chi connectivity index (χ0n) is 18.2. The summed E-state index contributed by atoms with van der Waals surface area (Å²) < 4.78 is 0. The third-order valence-electron chi connectivity index (χ3n) is 7.14. The second-order valence-corrected chi connectivity index (χ2v) is 10.3. The molecule has 0 radical (unpaired) electrons.